The number of nitro benzene ring substituents is 1. The molecule has 0 saturated heterocycles. The van der Waals surface area contributed by atoms with Crippen LogP contribution in [0.5, 0.6) is 0 Å². The summed E-state index contributed by atoms with van der Waals surface area (Å²) < 4.78 is 6.42. The van der Waals surface area contributed by atoms with E-state index >= 15 is 0 Å². The van der Waals surface area contributed by atoms with Crippen LogP contribution in [0.3, 0.4) is 0 Å². The third-order valence-electron chi connectivity index (χ3n) is 3.23. The van der Waals surface area contributed by atoms with Crippen LogP contribution in [0.2, 0.25) is 0 Å². The normalized spacial score (nSPS) is 10.5. The molecule has 1 aromatic heterocycles. The molecule has 0 radical (unpaired) electrons. The van der Waals surface area contributed by atoms with Crippen LogP contribution in [0.15, 0.2) is 53.9 Å². The highest BCUT2D eigenvalue weighted by molar-refractivity contribution is 7.17. The van der Waals surface area contributed by atoms with Crippen LogP contribution in [-0.4, -0.2) is 10.9 Å². The molecule has 0 unspecified atom stereocenters. The van der Waals surface area contributed by atoms with E-state index in [1.54, 1.807) is 11.3 Å². The summed E-state index contributed by atoms with van der Waals surface area (Å²) in [7, 11) is 0. The molecule has 2 aromatic carbocycles. The molecule has 3 aromatic rings. The summed E-state index contributed by atoms with van der Waals surface area (Å²) >= 11 is 1.60. The second kappa shape index (κ2) is 5.95. The Morgan fingerprint density at radius 3 is 2.59 bits per heavy atom. The van der Waals surface area contributed by atoms with Gasteiger partial charge in [-0.15, -0.1) is 11.3 Å². The van der Waals surface area contributed by atoms with Gasteiger partial charge in [-0.05, 0) is 29.0 Å². The van der Waals surface area contributed by atoms with Crippen LogP contribution >= 0.6 is 11.3 Å². The molecule has 0 spiro atoms. The lowest BCUT2D eigenvalue weighted by Gasteiger charge is -2.04. The molecule has 1 heterocycles. The quantitative estimate of drug-likeness (QED) is 0.412. The highest BCUT2D eigenvalue weighted by atomic mass is 32.1. The fourth-order valence-electron chi connectivity index (χ4n) is 2.09. The lowest BCUT2D eigenvalue weighted by molar-refractivity contribution is -0.384. The van der Waals surface area contributed by atoms with E-state index in [-0.39, 0.29) is 12.3 Å². The summed E-state index contributed by atoms with van der Waals surface area (Å²) in [4.78, 5) is 22.0. The monoisotopic (exact) mass is 313 g/mol. The fourth-order valence-corrected chi connectivity index (χ4v) is 3.04. The Hall–Kier alpha value is -2.73. The van der Waals surface area contributed by atoms with E-state index in [2.05, 4.69) is 0 Å². The second-order valence-corrected chi connectivity index (χ2v) is 5.55. The van der Waals surface area contributed by atoms with Crippen LogP contribution in [-0.2, 0) is 11.3 Å². The van der Waals surface area contributed by atoms with Gasteiger partial charge in [-0.1, -0.05) is 18.2 Å². The molecule has 3 rings (SSSR count). The number of non-ortho nitro benzene ring substituents is 1. The van der Waals surface area contributed by atoms with Gasteiger partial charge in [0.15, 0.2) is 0 Å². The van der Waals surface area contributed by atoms with Crippen molar-refractivity contribution in [1.29, 1.82) is 0 Å². The first-order valence-corrected chi connectivity index (χ1v) is 7.40. The maximum atomic E-state index is 12.0. The third kappa shape index (κ3) is 2.82. The number of nitro groups is 1. The first-order chi connectivity index (χ1) is 10.6. The first kappa shape index (κ1) is 14.2. The molecule has 0 aliphatic rings. The number of carbonyl (C=O) groups is 1. The van der Waals surface area contributed by atoms with E-state index in [0.717, 1.165) is 15.6 Å². The molecule has 0 aliphatic carbocycles. The summed E-state index contributed by atoms with van der Waals surface area (Å²) in [5.41, 5.74) is 1.20. The summed E-state index contributed by atoms with van der Waals surface area (Å²) in [6, 6.07) is 13.3. The van der Waals surface area contributed by atoms with Gasteiger partial charge in [0, 0.05) is 22.4 Å². The topological polar surface area (TPSA) is 69.4 Å². The molecule has 0 fully saturated rings. The number of hydrogen-bond donors (Lipinski definition) is 0. The average Bonchev–Trinajstić information content (AvgIpc) is 2.96. The first-order valence-electron chi connectivity index (χ1n) is 6.52. The van der Waals surface area contributed by atoms with Crippen LogP contribution in [0, 0.1) is 10.1 Å². The number of rotatable bonds is 4. The molecule has 0 bridgehead atoms. The molecule has 6 heteroatoms. The summed E-state index contributed by atoms with van der Waals surface area (Å²) in [5.74, 6) is -0.495. The largest absolute Gasteiger partial charge is 0.457 e. The third-order valence-corrected chi connectivity index (χ3v) is 4.25. The van der Waals surface area contributed by atoms with Gasteiger partial charge in [-0.3, -0.25) is 10.1 Å². The standard InChI is InChI=1S/C16H11NO4S/c18-16(11-5-7-13(8-6-11)17(19)20)21-9-12-10-22-15-4-2-1-3-14(12)15/h1-8,10H,9H2. The van der Waals surface area contributed by atoms with E-state index in [0.29, 0.717) is 5.56 Å². The number of nitrogens with zero attached hydrogens (tertiary/aromatic N) is 1. The zero-order chi connectivity index (χ0) is 15.5. The van der Waals surface area contributed by atoms with Crippen molar-refractivity contribution in [2.24, 2.45) is 0 Å². The predicted octanol–water partition coefficient (Wildman–Crippen LogP) is 4.17. The maximum absolute atomic E-state index is 12.0. The van der Waals surface area contributed by atoms with Gasteiger partial charge in [0.25, 0.3) is 5.69 Å². The smallest absolute Gasteiger partial charge is 0.338 e. The van der Waals surface area contributed by atoms with Crippen LogP contribution in [0.1, 0.15) is 15.9 Å². The van der Waals surface area contributed by atoms with Crippen molar-refractivity contribution >= 4 is 33.1 Å². The lowest BCUT2D eigenvalue weighted by atomic mass is 10.2. The SMILES string of the molecule is O=C(OCc1csc2ccccc12)c1ccc([N+](=O)[O-])cc1. The Morgan fingerprint density at radius 1 is 1.14 bits per heavy atom. The Labute approximate surface area is 129 Å². The Balaban J connectivity index is 1.70. The van der Waals surface area contributed by atoms with E-state index in [1.165, 1.54) is 24.3 Å². The Bertz CT molecular complexity index is 839. The van der Waals surface area contributed by atoms with Crippen molar-refractivity contribution < 1.29 is 14.5 Å². The average molecular weight is 313 g/mol. The number of esters is 1. The van der Waals surface area contributed by atoms with Crippen molar-refractivity contribution in [3.63, 3.8) is 0 Å². The highest BCUT2D eigenvalue weighted by Crippen LogP contribution is 2.26. The number of benzene rings is 2. The summed E-state index contributed by atoms with van der Waals surface area (Å²) in [6.07, 6.45) is 0. The minimum absolute atomic E-state index is 0.0552. The second-order valence-electron chi connectivity index (χ2n) is 4.64. The minimum Gasteiger partial charge on any atom is -0.457 e. The van der Waals surface area contributed by atoms with Gasteiger partial charge in [0.1, 0.15) is 6.61 Å². The molecule has 22 heavy (non-hydrogen) atoms. The van der Waals surface area contributed by atoms with Gasteiger partial charge in [0.05, 0.1) is 10.5 Å². The number of fused-ring (bicyclic) bond motifs is 1. The van der Waals surface area contributed by atoms with E-state index < -0.39 is 10.9 Å². The summed E-state index contributed by atoms with van der Waals surface area (Å²) in [5, 5.41) is 13.6. The van der Waals surface area contributed by atoms with Crippen molar-refractivity contribution in [3.8, 4) is 0 Å². The fraction of sp³-hybridized carbons (Fsp3) is 0.0625. The van der Waals surface area contributed by atoms with Gasteiger partial charge in [-0.2, -0.15) is 0 Å². The lowest BCUT2D eigenvalue weighted by Crippen LogP contribution is -2.05. The molecule has 0 atom stereocenters. The van der Waals surface area contributed by atoms with Gasteiger partial charge < -0.3 is 4.74 Å². The molecule has 110 valence electrons. The molecular formula is C16H11NO4S. The van der Waals surface area contributed by atoms with Gasteiger partial charge >= 0.3 is 5.97 Å². The molecule has 0 N–H and O–H groups in total. The zero-order valence-corrected chi connectivity index (χ0v) is 12.2. The van der Waals surface area contributed by atoms with Crippen LogP contribution < -0.4 is 0 Å². The zero-order valence-electron chi connectivity index (χ0n) is 11.4. The van der Waals surface area contributed by atoms with Gasteiger partial charge in [-0.25, -0.2) is 4.79 Å². The highest BCUT2D eigenvalue weighted by Gasteiger charge is 2.12. The van der Waals surface area contributed by atoms with Crippen LogP contribution in [0.4, 0.5) is 5.69 Å². The van der Waals surface area contributed by atoms with Crippen molar-refractivity contribution in [2.45, 2.75) is 6.61 Å². The van der Waals surface area contributed by atoms with Crippen LogP contribution in [0.25, 0.3) is 10.1 Å². The number of hydrogen-bond acceptors (Lipinski definition) is 5. The van der Waals surface area contributed by atoms with E-state index in [4.69, 9.17) is 4.74 Å². The molecule has 0 saturated carbocycles. The van der Waals surface area contributed by atoms with E-state index in [9.17, 15) is 14.9 Å². The molecule has 5 nitrogen and oxygen atoms in total. The molecule has 0 amide bonds. The number of ether oxygens (including phenoxy) is 1. The molecular weight excluding hydrogens is 302 g/mol. The molecule has 0 aliphatic heterocycles. The van der Waals surface area contributed by atoms with Crippen molar-refractivity contribution in [2.75, 3.05) is 0 Å². The predicted molar refractivity (Wildman–Crippen MR) is 84.0 cm³/mol. The minimum atomic E-state index is -0.507. The van der Waals surface area contributed by atoms with Gasteiger partial charge in [0.2, 0.25) is 0 Å². The van der Waals surface area contributed by atoms with E-state index in [1.807, 2.05) is 29.6 Å². The maximum Gasteiger partial charge on any atom is 0.338 e. The number of carbonyl (C=O) groups excluding carboxylic acids is 1. The number of thiophene rings is 1. The Morgan fingerprint density at radius 2 is 1.86 bits per heavy atom. The Kier molecular flexibility index (Phi) is 3.84. The van der Waals surface area contributed by atoms with Crippen molar-refractivity contribution in [1.82, 2.24) is 0 Å². The summed E-state index contributed by atoms with van der Waals surface area (Å²) in [6.45, 7) is 0.180. The van der Waals surface area contributed by atoms with Crippen molar-refractivity contribution in [3.05, 3.63) is 75.2 Å².